The van der Waals surface area contributed by atoms with Gasteiger partial charge in [0.15, 0.2) is 10.8 Å². The largest absolute Gasteiger partial charge is 0.296 e. The Kier molecular flexibility index (Phi) is 4.56. The topological polar surface area (TPSA) is 77.6 Å². The number of carbonyl (C=O) groups excluding carboxylic acids is 1. The van der Waals surface area contributed by atoms with E-state index in [0.29, 0.717) is 17.5 Å². The third-order valence-corrected chi connectivity index (χ3v) is 6.37. The second-order valence-electron chi connectivity index (χ2n) is 6.26. The second kappa shape index (κ2) is 6.90. The van der Waals surface area contributed by atoms with Crippen LogP contribution in [0.2, 0.25) is 0 Å². The quantitative estimate of drug-likeness (QED) is 0.512. The highest BCUT2D eigenvalue weighted by Crippen LogP contribution is 2.28. The second-order valence-corrected chi connectivity index (χ2v) is 8.08. The van der Waals surface area contributed by atoms with Crippen LogP contribution in [0.15, 0.2) is 34.9 Å². The molecule has 0 bridgehead atoms. The molecule has 0 aliphatic heterocycles. The van der Waals surface area contributed by atoms with Crippen LogP contribution >= 0.6 is 27.3 Å². The molecule has 4 aromatic rings. The van der Waals surface area contributed by atoms with Gasteiger partial charge in [-0.05, 0) is 54.4 Å². The van der Waals surface area contributed by atoms with Crippen molar-refractivity contribution in [2.24, 2.45) is 0 Å². The molecule has 3 heterocycles. The lowest BCUT2D eigenvalue weighted by Crippen LogP contribution is -2.15. The average molecular weight is 445 g/mol. The number of carbonyl (C=O) groups is 1. The van der Waals surface area contributed by atoms with Crippen LogP contribution < -0.4 is 5.32 Å². The summed E-state index contributed by atoms with van der Waals surface area (Å²) in [6.45, 7) is 6.37. The van der Waals surface area contributed by atoms with Gasteiger partial charge in [-0.3, -0.25) is 14.8 Å². The van der Waals surface area contributed by atoms with E-state index in [2.05, 4.69) is 36.4 Å². The third kappa shape index (κ3) is 3.40. The number of nitrogens with zero attached hydrogens (tertiary/aromatic N) is 5. The molecule has 7 nitrogen and oxygen atoms in total. The SMILES string of the molecule is Cc1nn(Cn2ccc(C(=O)Nc3nc4c(C)cccc4s3)n2)c(C)c1Br. The van der Waals surface area contributed by atoms with E-state index in [0.717, 1.165) is 31.6 Å². The standard InChI is InChI=1S/C18H17BrN6OS/c1-10-5-4-6-14-16(10)20-18(27-14)21-17(26)13-7-8-24(23-13)9-25-12(3)15(19)11(2)22-25/h4-8H,9H2,1-3H3,(H,20,21,26). The minimum atomic E-state index is -0.278. The molecule has 1 aromatic carbocycles. The summed E-state index contributed by atoms with van der Waals surface area (Å²) in [6, 6.07) is 7.68. The Bertz CT molecular complexity index is 1160. The normalized spacial score (nSPS) is 11.3. The van der Waals surface area contributed by atoms with Crippen molar-refractivity contribution in [3.05, 3.63) is 57.6 Å². The highest BCUT2D eigenvalue weighted by Gasteiger charge is 2.14. The van der Waals surface area contributed by atoms with Gasteiger partial charge in [0.2, 0.25) is 0 Å². The molecule has 27 heavy (non-hydrogen) atoms. The van der Waals surface area contributed by atoms with Gasteiger partial charge in [-0.15, -0.1) is 0 Å². The summed E-state index contributed by atoms with van der Waals surface area (Å²) in [7, 11) is 0. The first-order valence-electron chi connectivity index (χ1n) is 8.33. The number of nitrogens with one attached hydrogen (secondary N) is 1. The van der Waals surface area contributed by atoms with Crippen molar-refractivity contribution in [1.82, 2.24) is 24.5 Å². The Morgan fingerprint density at radius 2 is 2.04 bits per heavy atom. The number of aryl methyl sites for hydroxylation is 2. The van der Waals surface area contributed by atoms with E-state index in [4.69, 9.17) is 0 Å². The zero-order chi connectivity index (χ0) is 19.1. The number of thiazole rings is 1. The van der Waals surface area contributed by atoms with Gasteiger partial charge in [0.25, 0.3) is 5.91 Å². The molecule has 1 amide bonds. The molecule has 0 atom stereocenters. The maximum absolute atomic E-state index is 12.5. The summed E-state index contributed by atoms with van der Waals surface area (Å²) >= 11 is 4.97. The first kappa shape index (κ1) is 17.9. The van der Waals surface area contributed by atoms with E-state index in [1.807, 2.05) is 43.7 Å². The van der Waals surface area contributed by atoms with Crippen molar-refractivity contribution in [1.29, 1.82) is 0 Å². The Labute approximate surface area is 168 Å². The van der Waals surface area contributed by atoms with Gasteiger partial charge in [0.1, 0.15) is 6.67 Å². The Morgan fingerprint density at radius 3 is 2.74 bits per heavy atom. The number of benzene rings is 1. The third-order valence-electron chi connectivity index (χ3n) is 4.29. The van der Waals surface area contributed by atoms with Gasteiger partial charge >= 0.3 is 0 Å². The molecular formula is C18H17BrN6OS. The smallest absolute Gasteiger partial charge is 0.277 e. The molecule has 0 saturated carbocycles. The first-order valence-corrected chi connectivity index (χ1v) is 9.94. The highest BCUT2D eigenvalue weighted by molar-refractivity contribution is 9.10. The van der Waals surface area contributed by atoms with Crippen LogP contribution in [0.1, 0.15) is 27.4 Å². The number of para-hydroxylation sites is 1. The van der Waals surface area contributed by atoms with Crippen LogP contribution in [-0.4, -0.2) is 30.5 Å². The number of anilines is 1. The average Bonchev–Trinajstić information content (AvgIpc) is 3.32. The van der Waals surface area contributed by atoms with Crippen molar-refractivity contribution in [3.8, 4) is 0 Å². The molecule has 138 valence electrons. The van der Waals surface area contributed by atoms with Crippen molar-refractivity contribution in [2.45, 2.75) is 27.4 Å². The Hall–Kier alpha value is -2.52. The molecule has 0 aliphatic rings. The van der Waals surface area contributed by atoms with Gasteiger partial charge in [-0.1, -0.05) is 23.5 Å². The van der Waals surface area contributed by atoms with Crippen LogP contribution in [0.3, 0.4) is 0 Å². The number of amides is 1. The summed E-state index contributed by atoms with van der Waals surface area (Å²) in [6.07, 6.45) is 1.77. The predicted octanol–water partition coefficient (Wildman–Crippen LogP) is 4.14. The van der Waals surface area contributed by atoms with Crippen LogP contribution in [0.25, 0.3) is 10.2 Å². The maximum atomic E-state index is 12.5. The lowest BCUT2D eigenvalue weighted by atomic mass is 10.2. The first-order chi connectivity index (χ1) is 12.9. The molecule has 1 N–H and O–H groups in total. The van der Waals surface area contributed by atoms with Gasteiger partial charge in [-0.2, -0.15) is 10.2 Å². The van der Waals surface area contributed by atoms with E-state index >= 15 is 0 Å². The lowest BCUT2D eigenvalue weighted by Gasteiger charge is -2.04. The van der Waals surface area contributed by atoms with Crippen LogP contribution in [0.4, 0.5) is 5.13 Å². The van der Waals surface area contributed by atoms with Crippen LogP contribution in [0, 0.1) is 20.8 Å². The van der Waals surface area contributed by atoms with Crippen molar-refractivity contribution in [3.63, 3.8) is 0 Å². The van der Waals surface area contributed by atoms with Crippen molar-refractivity contribution >= 4 is 48.5 Å². The number of rotatable bonds is 4. The summed E-state index contributed by atoms with van der Waals surface area (Å²) in [5.41, 5.74) is 4.28. The number of aromatic nitrogens is 5. The highest BCUT2D eigenvalue weighted by atomic mass is 79.9. The molecule has 9 heteroatoms. The summed E-state index contributed by atoms with van der Waals surface area (Å²) < 4.78 is 5.55. The number of fused-ring (bicyclic) bond motifs is 1. The maximum Gasteiger partial charge on any atom is 0.277 e. The zero-order valence-corrected chi connectivity index (χ0v) is 17.4. The summed E-state index contributed by atoms with van der Waals surface area (Å²) in [5.74, 6) is -0.278. The van der Waals surface area contributed by atoms with Crippen molar-refractivity contribution in [2.75, 3.05) is 5.32 Å². The minimum absolute atomic E-state index is 0.278. The van der Waals surface area contributed by atoms with Gasteiger partial charge in [0, 0.05) is 6.20 Å². The predicted molar refractivity (Wildman–Crippen MR) is 109 cm³/mol. The van der Waals surface area contributed by atoms with Crippen LogP contribution in [0.5, 0.6) is 0 Å². The number of halogens is 1. The fourth-order valence-corrected chi connectivity index (χ4v) is 4.04. The van der Waals surface area contributed by atoms with Gasteiger partial charge < -0.3 is 0 Å². The molecule has 4 rings (SSSR count). The molecular weight excluding hydrogens is 428 g/mol. The lowest BCUT2D eigenvalue weighted by molar-refractivity contribution is 0.102. The number of hydrogen-bond donors (Lipinski definition) is 1. The Morgan fingerprint density at radius 1 is 1.22 bits per heavy atom. The summed E-state index contributed by atoms with van der Waals surface area (Å²) in [5, 5.41) is 12.2. The van der Waals surface area contributed by atoms with E-state index in [-0.39, 0.29) is 5.91 Å². The van der Waals surface area contributed by atoms with Crippen molar-refractivity contribution < 1.29 is 4.79 Å². The molecule has 0 aliphatic carbocycles. The van der Waals surface area contributed by atoms with Crippen LogP contribution in [-0.2, 0) is 6.67 Å². The zero-order valence-electron chi connectivity index (χ0n) is 15.0. The minimum Gasteiger partial charge on any atom is -0.296 e. The van der Waals surface area contributed by atoms with E-state index in [1.54, 1.807) is 16.9 Å². The van der Waals surface area contributed by atoms with Gasteiger partial charge in [0.05, 0.1) is 26.1 Å². The van der Waals surface area contributed by atoms with Gasteiger partial charge in [-0.25, -0.2) is 9.67 Å². The fraction of sp³-hybridized carbons (Fsp3) is 0.222. The molecule has 0 radical (unpaired) electrons. The monoisotopic (exact) mass is 444 g/mol. The molecule has 3 aromatic heterocycles. The van der Waals surface area contributed by atoms with E-state index in [9.17, 15) is 4.79 Å². The Balaban J connectivity index is 1.51. The molecule has 0 fully saturated rings. The summed E-state index contributed by atoms with van der Waals surface area (Å²) in [4.78, 5) is 17.0. The molecule has 0 spiro atoms. The molecule has 0 saturated heterocycles. The fourth-order valence-electron chi connectivity index (χ4n) is 2.81. The van der Waals surface area contributed by atoms with E-state index in [1.165, 1.54) is 11.3 Å². The van der Waals surface area contributed by atoms with E-state index < -0.39 is 0 Å². The number of hydrogen-bond acceptors (Lipinski definition) is 5. The molecule has 0 unspecified atom stereocenters.